The van der Waals surface area contributed by atoms with Crippen LogP contribution in [-0.2, 0) is 0 Å². The van der Waals surface area contributed by atoms with Crippen LogP contribution in [0.25, 0.3) is 0 Å². The van der Waals surface area contributed by atoms with Crippen LogP contribution in [0.1, 0.15) is 13.8 Å². The van der Waals surface area contributed by atoms with Gasteiger partial charge in [-0.05, 0) is 29.6 Å². The third kappa shape index (κ3) is 1.48. The zero-order valence-electron chi connectivity index (χ0n) is 8.37. The first-order valence-corrected chi connectivity index (χ1v) is 5.55. The zero-order valence-corrected chi connectivity index (χ0v) is 9.19. The lowest BCUT2D eigenvalue weighted by Gasteiger charge is -2.23. The topological polar surface area (TPSA) is 38.0 Å². The molecule has 1 unspecified atom stereocenters. The molecule has 0 fully saturated rings. The maximum absolute atomic E-state index is 5.92. The van der Waals surface area contributed by atoms with Gasteiger partial charge >= 0.3 is 0 Å². The van der Waals surface area contributed by atoms with Gasteiger partial charge < -0.3 is 11.1 Å². The van der Waals surface area contributed by atoms with E-state index in [-0.39, 0.29) is 0 Å². The summed E-state index contributed by atoms with van der Waals surface area (Å²) in [6, 6.07) is 0. The number of nitrogens with two attached hydrogens (primary N) is 1. The van der Waals surface area contributed by atoms with Crippen LogP contribution < -0.4 is 11.1 Å². The number of hydrogen-bond donors (Lipinski definition) is 2. The van der Waals surface area contributed by atoms with Crippen molar-refractivity contribution in [2.75, 3.05) is 0 Å². The van der Waals surface area contributed by atoms with Gasteiger partial charge in [0.2, 0.25) is 0 Å². The second-order valence-corrected chi connectivity index (χ2v) is 4.46. The van der Waals surface area contributed by atoms with E-state index in [0.29, 0.717) is 5.92 Å². The minimum absolute atomic E-state index is 0.315. The minimum Gasteiger partial charge on any atom is -0.402 e. The Labute approximate surface area is 88.6 Å². The molecule has 14 heavy (non-hydrogen) atoms. The summed E-state index contributed by atoms with van der Waals surface area (Å²) < 4.78 is 0. The highest BCUT2D eigenvalue weighted by molar-refractivity contribution is 8.06. The summed E-state index contributed by atoms with van der Waals surface area (Å²) in [6.45, 7) is 4.27. The molecule has 0 aromatic carbocycles. The van der Waals surface area contributed by atoms with Crippen molar-refractivity contribution >= 4 is 11.8 Å². The summed E-state index contributed by atoms with van der Waals surface area (Å²) in [5.41, 5.74) is 9.48. The van der Waals surface area contributed by atoms with E-state index >= 15 is 0 Å². The minimum atomic E-state index is 0.315. The van der Waals surface area contributed by atoms with Crippen LogP contribution in [0.4, 0.5) is 0 Å². The van der Waals surface area contributed by atoms with E-state index in [1.165, 1.54) is 16.2 Å². The number of nitrogens with one attached hydrogen (secondary N) is 1. The van der Waals surface area contributed by atoms with Gasteiger partial charge in [0.1, 0.15) is 0 Å². The lowest BCUT2D eigenvalue weighted by Crippen LogP contribution is -2.18. The SMILES string of the molecule is CC1=CC=C(N)C(C)C1=C1NC=CS1. The Hall–Kier alpha value is -1.09. The Morgan fingerprint density at radius 1 is 1.43 bits per heavy atom. The second-order valence-electron chi connectivity index (χ2n) is 3.55. The maximum atomic E-state index is 5.92. The monoisotopic (exact) mass is 206 g/mol. The maximum Gasteiger partial charge on any atom is 0.0806 e. The van der Waals surface area contributed by atoms with Gasteiger partial charge in [-0.2, -0.15) is 0 Å². The third-order valence-electron chi connectivity index (χ3n) is 2.60. The van der Waals surface area contributed by atoms with E-state index in [1.54, 1.807) is 11.8 Å². The quantitative estimate of drug-likeness (QED) is 0.639. The molecule has 0 spiro atoms. The largest absolute Gasteiger partial charge is 0.402 e. The highest BCUT2D eigenvalue weighted by Crippen LogP contribution is 2.35. The molecule has 1 heterocycles. The van der Waals surface area contributed by atoms with Crippen molar-refractivity contribution in [3.63, 3.8) is 0 Å². The predicted molar refractivity (Wildman–Crippen MR) is 62.1 cm³/mol. The van der Waals surface area contributed by atoms with Gasteiger partial charge in [-0.25, -0.2) is 0 Å². The summed E-state index contributed by atoms with van der Waals surface area (Å²) in [4.78, 5) is 0. The Balaban J connectivity index is 2.40. The van der Waals surface area contributed by atoms with Crippen LogP contribution in [0.2, 0.25) is 0 Å². The number of allylic oxidation sites excluding steroid dienone is 4. The lowest BCUT2D eigenvalue weighted by atomic mass is 9.88. The van der Waals surface area contributed by atoms with Crippen LogP contribution in [-0.4, -0.2) is 0 Å². The van der Waals surface area contributed by atoms with E-state index in [0.717, 1.165) is 5.70 Å². The lowest BCUT2D eigenvalue weighted by molar-refractivity contribution is 0.774. The molecule has 2 rings (SSSR count). The molecular formula is C11H14N2S. The van der Waals surface area contributed by atoms with Gasteiger partial charge in [-0.1, -0.05) is 24.8 Å². The van der Waals surface area contributed by atoms with E-state index in [9.17, 15) is 0 Å². The van der Waals surface area contributed by atoms with Crippen molar-refractivity contribution in [1.82, 2.24) is 5.32 Å². The Morgan fingerprint density at radius 3 is 2.86 bits per heavy atom. The molecule has 3 heteroatoms. The molecule has 2 aliphatic rings. The van der Waals surface area contributed by atoms with E-state index in [1.807, 2.05) is 12.3 Å². The van der Waals surface area contributed by atoms with E-state index in [2.05, 4.69) is 30.6 Å². The van der Waals surface area contributed by atoms with Crippen LogP contribution in [0, 0.1) is 5.92 Å². The van der Waals surface area contributed by atoms with E-state index < -0.39 is 0 Å². The standard InChI is InChI=1S/C11H14N2S/c1-7-3-4-9(12)8(2)10(7)11-13-5-6-14-11/h3-6,8,13H,12H2,1-2H3. The summed E-state index contributed by atoms with van der Waals surface area (Å²) >= 11 is 1.72. The van der Waals surface area contributed by atoms with Crippen molar-refractivity contribution < 1.29 is 0 Å². The molecule has 0 bridgehead atoms. The summed E-state index contributed by atoms with van der Waals surface area (Å²) in [5.74, 6) is 0.315. The molecule has 0 radical (unpaired) electrons. The number of hydrogen-bond acceptors (Lipinski definition) is 3. The fraction of sp³-hybridized carbons (Fsp3) is 0.273. The summed E-state index contributed by atoms with van der Waals surface area (Å²) in [6.07, 6.45) is 6.04. The average molecular weight is 206 g/mol. The van der Waals surface area contributed by atoms with E-state index in [4.69, 9.17) is 5.73 Å². The normalized spacial score (nSPS) is 31.1. The fourth-order valence-corrected chi connectivity index (χ4v) is 2.60. The molecule has 1 atom stereocenters. The van der Waals surface area contributed by atoms with Gasteiger partial charge in [0.05, 0.1) is 5.03 Å². The van der Waals surface area contributed by atoms with Crippen LogP contribution in [0.15, 0.2) is 45.6 Å². The molecule has 1 aliphatic heterocycles. The van der Waals surface area contributed by atoms with Gasteiger partial charge in [0.15, 0.2) is 0 Å². The van der Waals surface area contributed by atoms with Gasteiger partial charge in [-0.15, -0.1) is 0 Å². The van der Waals surface area contributed by atoms with Gasteiger partial charge in [0, 0.05) is 17.8 Å². The molecule has 0 saturated carbocycles. The molecule has 0 aromatic rings. The zero-order chi connectivity index (χ0) is 10.1. The molecule has 2 nitrogen and oxygen atoms in total. The first-order chi connectivity index (χ1) is 6.70. The van der Waals surface area contributed by atoms with Crippen molar-refractivity contribution in [3.05, 3.63) is 45.6 Å². The molecule has 0 amide bonds. The molecule has 74 valence electrons. The van der Waals surface area contributed by atoms with Crippen LogP contribution in [0.3, 0.4) is 0 Å². The Morgan fingerprint density at radius 2 is 2.21 bits per heavy atom. The van der Waals surface area contributed by atoms with Crippen molar-refractivity contribution in [3.8, 4) is 0 Å². The van der Waals surface area contributed by atoms with Crippen LogP contribution >= 0.6 is 11.8 Å². The first-order valence-electron chi connectivity index (χ1n) is 4.67. The number of rotatable bonds is 0. The predicted octanol–water partition coefficient (Wildman–Crippen LogP) is 2.44. The van der Waals surface area contributed by atoms with Crippen molar-refractivity contribution in [1.29, 1.82) is 0 Å². The smallest absolute Gasteiger partial charge is 0.0806 e. The molecular weight excluding hydrogens is 192 g/mol. The Bertz CT molecular complexity index is 365. The summed E-state index contributed by atoms with van der Waals surface area (Å²) in [7, 11) is 0. The molecule has 3 N–H and O–H groups in total. The van der Waals surface area contributed by atoms with Gasteiger partial charge in [0.25, 0.3) is 0 Å². The Kier molecular flexibility index (Phi) is 2.42. The molecule has 0 saturated heterocycles. The van der Waals surface area contributed by atoms with Crippen molar-refractivity contribution in [2.45, 2.75) is 13.8 Å². The first kappa shape index (κ1) is 9.46. The summed E-state index contributed by atoms with van der Waals surface area (Å²) in [5, 5.41) is 6.51. The van der Waals surface area contributed by atoms with Gasteiger partial charge in [-0.3, -0.25) is 0 Å². The highest BCUT2D eigenvalue weighted by atomic mass is 32.2. The molecule has 1 aliphatic carbocycles. The third-order valence-corrected chi connectivity index (χ3v) is 3.44. The average Bonchev–Trinajstić information content (AvgIpc) is 2.65. The fourth-order valence-electron chi connectivity index (χ4n) is 1.73. The number of thioether (sulfide) groups is 1. The van der Waals surface area contributed by atoms with Crippen molar-refractivity contribution in [2.24, 2.45) is 11.7 Å². The van der Waals surface area contributed by atoms with Crippen LogP contribution in [0.5, 0.6) is 0 Å². The second kappa shape index (κ2) is 3.58. The highest BCUT2D eigenvalue weighted by Gasteiger charge is 2.21. The molecule has 0 aromatic heterocycles.